The number of rotatable bonds is 4. The van der Waals surface area contributed by atoms with Crippen molar-refractivity contribution < 1.29 is 4.74 Å². The summed E-state index contributed by atoms with van der Waals surface area (Å²) in [4.78, 5) is 19.5. The summed E-state index contributed by atoms with van der Waals surface area (Å²) in [5, 5.41) is 0.600. The Kier molecular flexibility index (Phi) is 4.42. The quantitative estimate of drug-likeness (QED) is 0.846. The Bertz CT molecular complexity index is 758. The Morgan fingerprint density at radius 2 is 2.14 bits per heavy atom. The molecule has 1 aromatic carbocycles. The molecule has 3 N–H and O–H groups in total. The van der Waals surface area contributed by atoms with Gasteiger partial charge in [0.2, 0.25) is 0 Å². The number of hydrogen-bond donors (Lipinski definition) is 2. The second-order valence-electron chi connectivity index (χ2n) is 4.97. The summed E-state index contributed by atoms with van der Waals surface area (Å²) >= 11 is 0. The van der Waals surface area contributed by atoms with E-state index >= 15 is 0 Å². The predicted octanol–water partition coefficient (Wildman–Crippen LogP) is 2.32. The summed E-state index contributed by atoms with van der Waals surface area (Å²) in [6.07, 6.45) is 3.32. The largest absolute Gasteiger partial charge is 0.497 e. The van der Waals surface area contributed by atoms with Crippen LogP contribution >= 0.6 is 0 Å². The van der Waals surface area contributed by atoms with Crippen molar-refractivity contribution in [2.45, 2.75) is 19.9 Å². The topological polar surface area (TPSA) is 80.5 Å². The van der Waals surface area contributed by atoms with E-state index in [9.17, 15) is 4.79 Å². The molecule has 0 aliphatic carbocycles. The number of aromatic amines is 1. The first-order valence-electron chi connectivity index (χ1n) is 6.71. The van der Waals surface area contributed by atoms with Crippen LogP contribution in [0.3, 0.4) is 0 Å². The summed E-state index contributed by atoms with van der Waals surface area (Å²) in [7, 11) is 1.58. The number of pyridine rings is 1. The lowest BCUT2D eigenvalue weighted by molar-refractivity contribution is 0.415. The highest BCUT2D eigenvalue weighted by atomic mass is 16.5. The number of ether oxygens (including phenoxy) is 1. The van der Waals surface area contributed by atoms with Gasteiger partial charge in [-0.25, -0.2) is 0 Å². The van der Waals surface area contributed by atoms with Gasteiger partial charge in [0.1, 0.15) is 5.75 Å². The van der Waals surface area contributed by atoms with Gasteiger partial charge >= 0.3 is 0 Å². The molecule has 0 bridgehead atoms. The van der Waals surface area contributed by atoms with Crippen LogP contribution in [0.1, 0.15) is 19.5 Å². The van der Waals surface area contributed by atoms with Gasteiger partial charge < -0.3 is 15.5 Å². The van der Waals surface area contributed by atoms with Crippen molar-refractivity contribution in [3.8, 4) is 5.75 Å². The highest BCUT2D eigenvalue weighted by Crippen LogP contribution is 2.18. The van der Waals surface area contributed by atoms with E-state index in [0.29, 0.717) is 28.0 Å². The van der Waals surface area contributed by atoms with Crippen molar-refractivity contribution >= 4 is 22.8 Å². The molecule has 21 heavy (non-hydrogen) atoms. The zero-order valence-corrected chi connectivity index (χ0v) is 12.4. The standard InChI is InChI=1S/C16H19N3O2/c1-10(2)18-7-6-13(17)15-9-16(20)12-5-4-11(21-3)8-14(12)19-15/h4-10H,17H2,1-3H3,(H,19,20)/b13-6-,18-7?. The molecule has 0 radical (unpaired) electrons. The first kappa shape index (κ1) is 14.8. The van der Waals surface area contributed by atoms with Crippen LogP contribution in [0.25, 0.3) is 16.6 Å². The third-order valence-electron chi connectivity index (χ3n) is 2.99. The van der Waals surface area contributed by atoms with Crippen molar-refractivity contribution in [1.29, 1.82) is 0 Å². The lowest BCUT2D eigenvalue weighted by Crippen LogP contribution is -2.08. The van der Waals surface area contributed by atoms with Crippen LogP contribution in [0.5, 0.6) is 5.75 Å². The van der Waals surface area contributed by atoms with E-state index in [2.05, 4.69) is 9.98 Å². The number of nitrogens with zero attached hydrogens (tertiary/aromatic N) is 1. The van der Waals surface area contributed by atoms with E-state index < -0.39 is 0 Å². The van der Waals surface area contributed by atoms with Crippen molar-refractivity contribution in [2.75, 3.05) is 7.11 Å². The molecule has 0 unspecified atom stereocenters. The van der Waals surface area contributed by atoms with E-state index in [1.807, 2.05) is 13.8 Å². The molecule has 0 fully saturated rings. The molecule has 0 saturated carbocycles. The summed E-state index contributed by atoms with van der Waals surface area (Å²) < 4.78 is 5.16. The number of nitrogens with one attached hydrogen (secondary N) is 1. The van der Waals surface area contributed by atoms with Crippen LogP contribution in [0.15, 0.2) is 40.1 Å². The van der Waals surface area contributed by atoms with E-state index in [4.69, 9.17) is 10.5 Å². The van der Waals surface area contributed by atoms with Gasteiger partial charge in [-0.15, -0.1) is 0 Å². The number of aliphatic imine (C=N–C) groups is 1. The van der Waals surface area contributed by atoms with E-state index in [0.717, 1.165) is 0 Å². The Labute approximate surface area is 123 Å². The zero-order chi connectivity index (χ0) is 15.4. The van der Waals surface area contributed by atoms with E-state index in [1.54, 1.807) is 37.6 Å². The molecule has 0 saturated heterocycles. The molecule has 2 rings (SSSR count). The van der Waals surface area contributed by atoms with Crippen LogP contribution in [0, 0.1) is 0 Å². The van der Waals surface area contributed by atoms with E-state index in [1.165, 1.54) is 6.07 Å². The highest BCUT2D eigenvalue weighted by Gasteiger charge is 2.05. The summed E-state index contributed by atoms with van der Waals surface area (Å²) in [6, 6.07) is 6.95. The number of fused-ring (bicyclic) bond motifs is 1. The zero-order valence-electron chi connectivity index (χ0n) is 12.4. The second-order valence-corrected chi connectivity index (χ2v) is 4.97. The third-order valence-corrected chi connectivity index (χ3v) is 2.99. The lowest BCUT2D eigenvalue weighted by atomic mass is 10.1. The average Bonchev–Trinajstić information content (AvgIpc) is 2.45. The van der Waals surface area contributed by atoms with Crippen molar-refractivity contribution in [3.63, 3.8) is 0 Å². The molecular formula is C16H19N3O2. The number of aromatic nitrogens is 1. The monoisotopic (exact) mass is 285 g/mol. The molecule has 0 spiro atoms. The maximum absolute atomic E-state index is 12.1. The molecule has 0 amide bonds. The average molecular weight is 285 g/mol. The molecule has 0 atom stereocenters. The Morgan fingerprint density at radius 3 is 2.81 bits per heavy atom. The van der Waals surface area contributed by atoms with Gasteiger partial charge in [0.25, 0.3) is 0 Å². The molecule has 0 aliphatic heterocycles. The first-order valence-corrected chi connectivity index (χ1v) is 6.71. The van der Waals surface area contributed by atoms with Gasteiger partial charge in [0, 0.05) is 29.8 Å². The van der Waals surface area contributed by atoms with Gasteiger partial charge in [0.15, 0.2) is 5.43 Å². The van der Waals surface area contributed by atoms with Crippen molar-refractivity contribution in [1.82, 2.24) is 4.98 Å². The molecule has 5 heteroatoms. The van der Waals surface area contributed by atoms with Crippen LogP contribution in [0.2, 0.25) is 0 Å². The molecule has 5 nitrogen and oxygen atoms in total. The predicted molar refractivity (Wildman–Crippen MR) is 86.9 cm³/mol. The van der Waals surface area contributed by atoms with Gasteiger partial charge in [0.05, 0.1) is 24.0 Å². The number of methoxy groups -OCH3 is 1. The van der Waals surface area contributed by atoms with Gasteiger partial charge in [-0.05, 0) is 32.1 Å². The number of nitrogens with two attached hydrogens (primary N) is 1. The third kappa shape index (κ3) is 3.51. The minimum absolute atomic E-state index is 0.0847. The Morgan fingerprint density at radius 1 is 1.38 bits per heavy atom. The number of benzene rings is 1. The molecule has 110 valence electrons. The Balaban J connectivity index is 2.48. The fourth-order valence-corrected chi connectivity index (χ4v) is 1.90. The molecular weight excluding hydrogens is 266 g/mol. The highest BCUT2D eigenvalue weighted by molar-refractivity contribution is 5.86. The number of allylic oxidation sites excluding steroid dienone is 1. The van der Waals surface area contributed by atoms with Crippen LogP contribution < -0.4 is 15.9 Å². The van der Waals surface area contributed by atoms with Crippen molar-refractivity contribution in [2.24, 2.45) is 10.7 Å². The fraction of sp³-hybridized carbons (Fsp3) is 0.250. The summed E-state index contributed by atoms with van der Waals surface area (Å²) in [6.45, 7) is 3.95. The van der Waals surface area contributed by atoms with E-state index in [-0.39, 0.29) is 11.5 Å². The number of hydrogen-bond acceptors (Lipinski definition) is 4. The van der Waals surface area contributed by atoms with Crippen LogP contribution in [-0.4, -0.2) is 24.4 Å². The minimum Gasteiger partial charge on any atom is -0.497 e. The van der Waals surface area contributed by atoms with Crippen LogP contribution in [-0.2, 0) is 0 Å². The number of H-pyrrole nitrogens is 1. The van der Waals surface area contributed by atoms with Gasteiger partial charge in [-0.2, -0.15) is 0 Å². The normalized spacial score (nSPS) is 12.5. The first-order chi connectivity index (χ1) is 10.0. The summed E-state index contributed by atoms with van der Waals surface area (Å²) in [5.41, 5.74) is 7.61. The molecule has 1 heterocycles. The minimum atomic E-state index is -0.0847. The van der Waals surface area contributed by atoms with Gasteiger partial charge in [-0.1, -0.05) is 0 Å². The fourth-order valence-electron chi connectivity index (χ4n) is 1.90. The van der Waals surface area contributed by atoms with Crippen LogP contribution in [0.4, 0.5) is 0 Å². The Hall–Kier alpha value is -2.56. The van der Waals surface area contributed by atoms with Crippen molar-refractivity contribution in [3.05, 3.63) is 46.3 Å². The lowest BCUT2D eigenvalue weighted by Gasteiger charge is -2.06. The maximum Gasteiger partial charge on any atom is 0.190 e. The smallest absolute Gasteiger partial charge is 0.190 e. The molecule has 1 aromatic heterocycles. The SMILES string of the molecule is COc1ccc2c(=O)cc(/C(N)=C/C=NC(C)C)[nH]c2c1. The maximum atomic E-state index is 12.1. The molecule has 2 aromatic rings. The summed E-state index contributed by atoms with van der Waals surface area (Å²) in [5.74, 6) is 0.680. The second kappa shape index (κ2) is 6.26. The molecule has 0 aliphatic rings. The van der Waals surface area contributed by atoms with Gasteiger partial charge in [-0.3, -0.25) is 9.79 Å².